The molecule has 0 spiro atoms. The lowest BCUT2D eigenvalue weighted by atomic mass is 10.4. The van der Waals surface area contributed by atoms with E-state index in [1.54, 1.807) is 19.3 Å². The van der Waals surface area contributed by atoms with Gasteiger partial charge in [0.15, 0.2) is 0 Å². The van der Waals surface area contributed by atoms with E-state index in [4.69, 9.17) is 5.73 Å². The average molecular weight is 232 g/mol. The molecule has 0 saturated heterocycles. The van der Waals surface area contributed by atoms with Crippen LogP contribution in [0.5, 0.6) is 0 Å². The van der Waals surface area contributed by atoms with Crippen molar-refractivity contribution in [1.82, 2.24) is 14.5 Å². The molecule has 0 aromatic carbocycles. The largest absolute Gasteiger partial charge is 0.329 e. The normalized spacial score (nSPS) is 14.4. The Morgan fingerprint density at radius 3 is 2.80 bits per heavy atom. The molecule has 0 amide bonds. The standard InChI is InChI=1S/C8H16N4O2S/c1-7(3-9)15(13,14)12(2)6-8-4-10-11-5-8/h4-5,7H,3,6,9H2,1-2H3,(H,10,11). The second-order valence-corrected chi connectivity index (χ2v) is 5.91. The number of nitrogens with zero attached hydrogens (tertiary/aromatic N) is 2. The fourth-order valence-electron chi connectivity index (χ4n) is 1.14. The summed E-state index contributed by atoms with van der Waals surface area (Å²) in [6.07, 6.45) is 3.26. The molecule has 6 nitrogen and oxygen atoms in total. The molecule has 0 aliphatic carbocycles. The first-order valence-electron chi connectivity index (χ1n) is 4.61. The van der Waals surface area contributed by atoms with Crippen LogP contribution in [-0.4, -0.2) is 41.8 Å². The maximum Gasteiger partial charge on any atom is 0.218 e. The highest BCUT2D eigenvalue weighted by Gasteiger charge is 2.24. The molecule has 0 bridgehead atoms. The Balaban J connectivity index is 2.72. The van der Waals surface area contributed by atoms with Crippen molar-refractivity contribution in [1.29, 1.82) is 0 Å². The molecule has 0 aliphatic rings. The fraction of sp³-hybridized carbons (Fsp3) is 0.625. The van der Waals surface area contributed by atoms with Gasteiger partial charge >= 0.3 is 0 Å². The van der Waals surface area contributed by atoms with Gasteiger partial charge < -0.3 is 5.73 Å². The van der Waals surface area contributed by atoms with Gasteiger partial charge in [-0.1, -0.05) is 0 Å². The minimum Gasteiger partial charge on any atom is -0.329 e. The van der Waals surface area contributed by atoms with Crippen molar-refractivity contribution < 1.29 is 8.42 Å². The highest BCUT2D eigenvalue weighted by molar-refractivity contribution is 7.89. The van der Waals surface area contributed by atoms with E-state index in [-0.39, 0.29) is 6.54 Å². The molecule has 0 radical (unpaired) electrons. The van der Waals surface area contributed by atoms with Crippen LogP contribution in [0.25, 0.3) is 0 Å². The monoisotopic (exact) mass is 232 g/mol. The lowest BCUT2D eigenvalue weighted by Gasteiger charge is -2.20. The molecule has 0 saturated carbocycles. The Morgan fingerprint density at radius 1 is 1.67 bits per heavy atom. The zero-order valence-corrected chi connectivity index (χ0v) is 9.66. The maximum absolute atomic E-state index is 11.8. The van der Waals surface area contributed by atoms with Crippen LogP contribution in [0.1, 0.15) is 12.5 Å². The number of aromatic nitrogens is 2. The van der Waals surface area contributed by atoms with Crippen LogP contribution in [0.4, 0.5) is 0 Å². The first kappa shape index (κ1) is 12.2. The Bertz CT molecular complexity index is 387. The van der Waals surface area contributed by atoms with E-state index in [1.807, 2.05) is 0 Å². The van der Waals surface area contributed by atoms with Crippen molar-refractivity contribution in [3.05, 3.63) is 18.0 Å². The van der Waals surface area contributed by atoms with Gasteiger partial charge in [0.2, 0.25) is 10.0 Å². The van der Waals surface area contributed by atoms with Gasteiger partial charge in [-0.25, -0.2) is 12.7 Å². The predicted molar refractivity (Wildman–Crippen MR) is 57.5 cm³/mol. The molecule has 0 aliphatic heterocycles. The first-order chi connectivity index (χ1) is 6.98. The van der Waals surface area contributed by atoms with Gasteiger partial charge in [-0.2, -0.15) is 5.10 Å². The molecule has 1 aromatic heterocycles. The smallest absolute Gasteiger partial charge is 0.218 e. The lowest BCUT2D eigenvalue weighted by molar-refractivity contribution is 0.458. The molecule has 15 heavy (non-hydrogen) atoms. The fourth-order valence-corrected chi connectivity index (χ4v) is 2.33. The summed E-state index contributed by atoms with van der Waals surface area (Å²) in [5.41, 5.74) is 6.17. The lowest BCUT2D eigenvalue weighted by Crippen LogP contribution is -2.38. The van der Waals surface area contributed by atoms with Gasteiger partial charge in [0, 0.05) is 31.9 Å². The number of hydrogen-bond donors (Lipinski definition) is 2. The molecule has 1 heterocycles. The molecule has 0 fully saturated rings. The third-order valence-corrected chi connectivity index (χ3v) is 4.44. The molecule has 1 atom stereocenters. The summed E-state index contributed by atoms with van der Waals surface area (Å²) in [6, 6.07) is 0. The zero-order valence-electron chi connectivity index (χ0n) is 8.84. The van der Waals surface area contributed by atoms with Gasteiger partial charge in [-0.05, 0) is 6.92 Å². The molecule has 1 aromatic rings. The Morgan fingerprint density at radius 2 is 2.33 bits per heavy atom. The van der Waals surface area contributed by atoms with E-state index in [2.05, 4.69) is 10.2 Å². The summed E-state index contributed by atoms with van der Waals surface area (Å²) in [5.74, 6) is 0. The highest BCUT2D eigenvalue weighted by atomic mass is 32.2. The zero-order chi connectivity index (χ0) is 11.5. The quantitative estimate of drug-likeness (QED) is 0.717. The van der Waals surface area contributed by atoms with Crippen molar-refractivity contribution in [3.8, 4) is 0 Å². The van der Waals surface area contributed by atoms with Crippen LogP contribution < -0.4 is 5.73 Å². The highest BCUT2D eigenvalue weighted by Crippen LogP contribution is 2.09. The number of sulfonamides is 1. The first-order valence-corrected chi connectivity index (χ1v) is 6.11. The van der Waals surface area contributed by atoms with Crippen molar-refractivity contribution in [2.24, 2.45) is 5.73 Å². The van der Waals surface area contributed by atoms with Gasteiger partial charge in [-0.15, -0.1) is 0 Å². The topological polar surface area (TPSA) is 92.1 Å². The molecular weight excluding hydrogens is 216 g/mol. The molecule has 1 rings (SSSR count). The van der Waals surface area contributed by atoms with Crippen molar-refractivity contribution in [2.45, 2.75) is 18.7 Å². The summed E-state index contributed by atoms with van der Waals surface area (Å²) in [5, 5.41) is 5.82. The number of H-pyrrole nitrogens is 1. The van der Waals surface area contributed by atoms with E-state index in [9.17, 15) is 8.42 Å². The van der Waals surface area contributed by atoms with E-state index in [0.29, 0.717) is 6.54 Å². The summed E-state index contributed by atoms with van der Waals surface area (Å²) in [7, 11) is -1.76. The summed E-state index contributed by atoms with van der Waals surface area (Å²) < 4.78 is 24.9. The van der Waals surface area contributed by atoms with Crippen LogP contribution in [0.15, 0.2) is 12.4 Å². The summed E-state index contributed by atoms with van der Waals surface area (Å²) in [4.78, 5) is 0. The van der Waals surface area contributed by atoms with Crippen LogP contribution >= 0.6 is 0 Å². The number of nitrogens with one attached hydrogen (secondary N) is 1. The average Bonchev–Trinajstić information content (AvgIpc) is 2.68. The molecule has 1 unspecified atom stereocenters. The Kier molecular flexibility index (Phi) is 3.83. The number of nitrogens with two attached hydrogens (primary N) is 1. The van der Waals surface area contributed by atoms with E-state index in [0.717, 1.165) is 5.56 Å². The SMILES string of the molecule is CC(CN)S(=O)(=O)N(C)Cc1cn[nH]c1. The second-order valence-electron chi connectivity index (χ2n) is 3.45. The Labute approximate surface area is 89.5 Å². The van der Waals surface area contributed by atoms with Crippen LogP contribution in [-0.2, 0) is 16.6 Å². The second kappa shape index (κ2) is 4.73. The third kappa shape index (κ3) is 2.77. The van der Waals surface area contributed by atoms with Gasteiger partial charge in [0.1, 0.15) is 0 Å². The molecule has 86 valence electrons. The van der Waals surface area contributed by atoms with Gasteiger partial charge in [0.25, 0.3) is 0 Å². The summed E-state index contributed by atoms with van der Waals surface area (Å²) in [6.45, 7) is 2.03. The molecule has 7 heteroatoms. The number of rotatable bonds is 5. The van der Waals surface area contributed by atoms with Gasteiger partial charge in [0.05, 0.1) is 11.4 Å². The third-order valence-electron chi connectivity index (χ3n) is 2.23. The molecule has 3 N–H and O–H groups in total. The predicted octanol–water partition coefficient (Wildman–Crippen LogP) is -0.481. The van der Waals surface area contributed by atoms with Crippen molar-refractivity contribution >= 4 is 10.0 Å². The Hall–Kier alpha value is -0.920. The molecular formula is C8H16N4O2S. The van der Waals surface area contributed by atoms with Crippen LogP contribution in [0, 0.1) is 0 Å². The minimum atomic E-state index is -3.30. The van der Waals surface area contributed by atoms with Crippen LogP contribution in [0.2, 0.25) is 0 Å². The summed E-state index contributed by atoms with van der Waals surface area (Å²) >= 11 is 0. The minimum absolute atomic E-state index is 0.123. The maximum atomic E-state index is 11.8. The number of hydrogen-bond acceptors (Lipinski definition) is 4. The van der Waals surface area contributed by atoms with E-state index < -0.39 is 15.3 Å². The van der Waals surface area contributed by atoms with Crippen molar-refractivity contribution in [2.75, 3.05) is 13.6 Å². The van der Waals surface area contributed by atoms with Crippen LogP contribution in [0.3, 0.4) is 0 Å². The van der Waals surface area contributed by atoms with Gasteiger partial charge in [-0.3, -0.25) is 5.10 Å². The number of aromatic amines is 1. The van der Waals surface area contributed by atoms with E-state index in [1.165, 1.54) is 11.4 Å². The van der Waals surface area contributed by atoms with E-state index >= 15 is 0 Å². The van der Waals surface area contributed by atoms with Crippen molar-refractivity contribution in [3.63, 3.8) is 0 Å².